The molecule has 2 aliphatic rings. The Bertz CT molecular complexity index is 820. The summed E-state index contributed by atoms with van der Waals surface area (Å²) in [6, 6.07) is 12.8. The van der Waals surface area contributed by atoms with E-state index in [1.807, 2.05) is 4.90 Å². The van der Waals surface area contributed by atoms with Crippen LogP contribution in [0.15, 0.2) is 48.5 Å². The van der Waals surface area contributed by atoms with Crippen molar-refractivity contribution in [2.75, 3.05) is 13.1 Å². The van der Waals surface area contributed by atoms with Gasteiger partial charge in [0, 0.05) is 29.8 Å². The highest BCUT2D eigenvalue weighted by molar-refractivity contribution is 6.15. The smallest absolute Gasteiger partial charge is 0.255 e. The van der Waals surface area contributed by atoms with Gasteiger partial charge in [-0.2, -0.15) is 0 Å². The topological polar surface area (TPSA) is 49.4 Å². The average molecular weight is 352 g/mol. The molecule has 0 radical (unpaired) electrons. The van der Waals surface area contributed by atoms with E-state index in [-0.39, 0.29) is 29.6 Å². The lowest BCUT2D eigenvalue weighted by molar-refractivity contribution is 0.0676. The van der Waals surface area contributed by atoms with E-state index in [2.05, 4.69) is 5.32 Å². The summed E-state index contributed by atoms with van der Waals surface area (Å²) in [5, 5.41) is 3.39. The first kappa shape index (κ1) is 16.9. The summed E-state index contributed by atoms with van der Waals surface area (Å²) in [6.07, 6.45) is 2.96. The van der Waals surface area contributed by atoms with Crippen LogP contribution >= 0.6 is 0 Å². The number of halogens is 1. The van der Waals surface area contributed by atoms with E-state index in [1.165, 1.54) is 24.3 Å². The number of rotatable bonds is 3. The first-order chi connectivity index (χ1) is 12.6. The van der Waals surface area contributed by atoms with Crippen LogP contribution in [-0.4, -0.2) is 41.8 Å². The maximum atomic E-state index is 13.3. The highest BCUT2D eigenvalue weighted by Gasteiger charge is 2.39. The Balaban J connectivity index is 1.68. The van der Waals surface area contributed by atoms with Crippen LogP contribution in [0.3, 0.4) is 0 Å². The van der Waals surface area contributed by atoms with Crippen LogP contribution in [-0.2, 0) is 0 Å². The fourth-order valence-electron chi connectivity index (χ4n) is 4.08. The van der Waals surface area contributed by atoms with Crippen molar-refractivity contribution >= 4 is 11.7 Å². The summed E-state index contributed by atoms with van der Waals surface area (Å²) in [5.74, 6) is -0.721. The van der Waals surface area contributed by atoms with Crippen molar-refractivity contribution in [3.05, 3.63) is 71.0 Å². The van der Waals surface area contributed by atoms with E-state index >= 15 is 0 Å². The van der Waals surface area contributed by atoms with E-state index in [0.29, 0.717) is 16.7 Å². The standard InChI is InChI=1S/C21H21FN2O2/c22-15-7-5-14(6-8-15)20(25)18-3-1-2-4-19(18)21(26)24-16-9-10-17(24)13-23-12-11-16/h1-8,16-17,23H,9-13H2. The fraction of sp³-hybridized carbons (Fsp3) is 0.333. The second-order valence-corrected chi connectivity index (χ2v) is 6.97. The average Bonchev–Trinajstić information content (AvgIpc) is 2.94. The molecule has 4 nitrogen and oxygen atoms in total. The Hall–Kier alpha value is -2.53. The van der Waals surface area contributed by atoms with Crippen LogP contribution in [0.2, 0.25) is 0 Å². The predicted octanol–water partition coefficient (Wildman–Crippen LogP) is 3.02. The third-order valence-corrected chi connectivity index (χ3v) is 5.40. The molecule has 2 atom stereocenters. The SMILES string of the molecule is O=C(c1ccc(F)cc1)c1ccccc1C(=O)N1C2CCNCC1CC2. The molecule has 2 aliphatic heterocycles. The van der Waals surface area contributed by atoms with Gasteiger partial charge in [-0.1, -0.05) is 18.2 Å². The summed E-state index contributed by atoms with van der Waals surface area (Å²) in [5.41, 5.74) is 1.19. The summed E-state index contributed by atoms with van der Waals surface area (Å²) in [6.45, 7) is 1.72. The van der Waals surface area contributed by atoms with Gasteiger partial charge in [0.25, 0.3) is 5.91 Å². The molecule has 2 aromatic carbocycles. The van der Waals surface area contributed by atoms with Gasteiger partial charge in [0.05, 0.1) is 5.56 Å². The molecule has 2 unspecified atom stereocenters. The lowest BCUT2D eigenvalue weighted by atomic mass is 9.97. The molecule has 0 saturated carbocycles. The van der Waals surface area contributed by atoms with Gasteiger partial charge in [0.15, 0.2) is 5.78 Å². The number of carbonyl (C=O) groups is 2. The maximum absolute atomic E-state index is 13.3. The zero-order chi connectivity index (χ0) is 18.1. The molecule has 26 heavy (non-hydrogen) atoms. The van der Waals surface area contributed by atoms with Crippen molar-refractivity contribution in [1.29, 1.82) is 0 Å². The second-order valence-electron chi connectivity index (χ2n) is 6.97. The molecule has 0 aliphatic carbocycles. The molecule has 5 heteroatoms. The van der Waals surface area contributed by atoms with Crippen LogP contribution in [0.5, 0.6) is 0 Å². The van der Waals surface area contributed by atoms with Crippen LogP contribution in [0, 0.1) is 5.82 Å². The summed E-state index contributed by atoms with van der Waals surface area (Å²) < 4.78 is 13.2. The van der Waals surface area contributed by atoms with Gasteiger partial charge in [-0.05, 0) is 56.1 Å². The van der Waals surface area contributed by atoms with Gasteiger partial charge in [0.2, 0.25) is 0 Å². The minimum absolute atomic E-state index is 0.0766. The molecule has 2 heterocycles. The molecule has 2 bridgehead atoms. The molecule has 134 valence electrons. The molecule has 0 spiro atoms. The number of hydrogen-bond acceptors (Lipinski definition) is 3. The van der Waals surface area contributed by atoms with Gasteiger partial charge in [-0.15, -0.1) is 0 Å². The minimum Gasteiger partial charge on any atom is -0.331 e. The number of nitrogens with one attached hydrogen (secondary N) is 1. The quantitative estimate of drug-likeness (QED) is 0.864. The lowest BCUT2D eigenvalue weighted by Crippen LogP contribution is -2.43. The minimum atomic E-state index is -0.389. The monoisotopic (exact) mass is 352 g/mol. The van der Waals surface area contributed by atoms with Crippen molar-refractivity contribution in [2.24, 2.45) is 0 Å². The van der Waals surface area contributed by atoms with E-state index in [9.17, 15) is 14.0 Å². The molecule has 2 saturated heterocycles. The zero-order valence-corrected chi connectivity index (χ0v) is 14.5. The Labute approximate surface area is 152 Å². The fourth-order valence-corrected chi connectivity index (χ4v) is 4.08. The van der Waals surface area contributed by atoms with Crippen LogP contribution in [0.25, 0.3) is 0 Å². The van der Waals surface area contributed by atoms with Crippen LogP contribution in [0.4, 0.5) is 4.39 Å². The van der Waals surface area contributed by atoms with E-state index in [0.717, 1.165) is 32.4 Å². The molecule has 4 rings (SSSR count). The third-order valence-electron chi connectivity index (χ3n) is 5.40. The summed E-state index contributed by atoms with van der Waals surface area (Å²) in [7, 11) is 0. The second kappa shape index (κ2) is 7.00. The van der Waals surface area contributed by atoms with E-state index in [1.54, 1.807) is 24.3 Å². The summed E-state index contributed by atoms with van der Waals surface area (Å²) in [4.78, 5) is 28.2. The number of benzene rings is 2. The number of hydrogen-bond donors (Lipinski definition) is 1. The van der Waals surface area contributed by atoms with Gasteiger partial charge < -0.3 is 10.2 Å². The third kappa shape index (κ3) is 3.03. The number of carbonyl (C=O) groups excluding carboxylic acids is 2. The van der Waals surface area contributed by atoms with Crippen molar-refractivity contribution in [3.8, 4) is 0 Å². The molecular weight excluding hydrogens is 331 g/mol. The van der Waals surface area contributed by atoms with Gasteiger partial charge in [0.1, 0.15) is 5.82 Å². The predicted molar refractivity (Wildman–Crippen MR) is 96.7 cm³/mol. The first-order valence-electron chi connectivity index (χ1n) is 9.08. The Morgan fingerprint density at radius 3 is 2.38 bits per heavy atom. The molecular formula is C21H21FN2O2. The van der Waals surface area contributed by atoms with Gasteiger partial charge in [-0.3, -0.25) is 9.59 Å². The molecule has 2 aromatic rings. The normalized spacial score (nSPS) is 22.1. The summed E-state index contributed by atoms with van der Waals surface area (Å²) >= 11 is 0. The first-order valence-corrected chi connectivity index (χ1v) is 9.08. The Morgan fingerprint density at radius 2 is 1.62 bits per heavy atom. The Morgan fingerprint density at radius 1 is 0.923 bits per heavy atom. The number of nitrogens with zero attached hydrogens (tertiary/aromatic N) is 1. The largest absolute Gasteiger partial charge is 0.331 e. The highest BCUT2D eigenvalue weighted by atomic mass is 19.1. The van der Waals surface area contributed by atoms with E-state index < -0.39 is 0 Å². The van der Waals surface area contributed by atoms with Gasteiger partial charge in [-0.25, -0.2) is 4.39 Å². The van der Waals surface area contributed by atoms with Crippen LogP contribution in [0.1, 0.15) is 45.5 Å². The Kier molecular flexibility index (Phi) is 4.55. The zero-order valence-electron chi connectivity index (χ0n) is 14.5. The number of fused-ring (bicyclic) bond motifs is 2. The number of amides is 1. The van der Waals surface area contributed by atoms with Crippen LogP contribution < -0.4 is 5.32 Å². The van der Waals surface area contributed by atoms with Crippen molar-refractivity contribution in [1.82, 2.24) is 10.2 Å². The lowest BCUT2D eigenvalue weighted by Gasteiger charge is -2.28. The molecule has 2 fully saturated rings. The molecule has 1 amide bonds. The van der Waals surface area contributed by atoms with Crippen molar-refractivity contribution in [2.45, 2.75) is 31.3 Å². The maximum Gasteiger partial charge on any atom is 0.255 e. The van der Waals surface area contributed by atoms with Crippen molar-refractivity contribution < 1.29 is 14.0 Å². The van der Waals surface area contributed by atoms with Crippen molar-refractivity contribution in [3.63, 3.8) is 0 Å². The van der Waals surface area contributed by atoms with E-state index in [4.69, 9.17) is 0 Å². The van der Waals surface area contributed by atoms with Gasteiger partial charge >= 0.3 is 0 Å². The number of ketones is 1. The highest BCUT2D eigenvalue weighted by Crippen LogP contribution is 2.30. The molecule has 0 aromatic heterocycles. The molecule has 1 N–H and O–H groups in total.